The highest BCUT2D eigenvalue weighted by Gasteiger charge is 2.55. The molecule has 5 nitrogen and oxygen atoms in total. The molecular weight excluding hydrogens is 275 g/mol. The number of hydrogen-bond acceptors (Lipinski definition) is 3. The Labute approximate surface area is 115 Å². The van der Waals surface area contributed by atoms with Crippen molar-refractivity contribution in [3.63, 3.8) is 0 Å². The molecule has 0 spiro atoms. The maximum atomic E-state index is 12.7. The number of piperidine rings is 1. The van der Waals surface area contributed by atoms with E-state index in [1.807, 2.05) is 0 Å². The fourth-order valence-electron chi connectivity index (χ4n) is 2.11. The topological polar surface area (TPSA) is 75.4 Å². The number of likely N-dealkylation sites (tertiary alicyclic amines) is 1. The first-order valence-corrected chi connectivity index (χ1v) is 6.54. The van der Waals surface area contributed by atoms with E-state index in [1.165, 1.54) is 0 Å². The van der Waals surface area contributed by atoms with Gasteiger partial charge in [-0.05, 0) is 26.7 Å². The molecule has 1 fully saturated rings. The molecule has 0 saturated carbocycles. The summed E-state index contributed by atoms with van der Waals surface area (Å²) >= 11 is 0. The zero-order valence-corrected chi connectivity index (χ0v) is 11.6. The Hall–Kier alpha value is -1.31. The smallest absolute Gasteiger partial charge is 0.356 e. The molecule has 1 aliphatic heterocycles. The van der Waals surface area contributed by atoms with Gasteiger partial charge in [-0.15, -0.1) is 0 Å². The number of nitrogens with zero attached hydrogens (tertiary/aromatic N) is 1. The normalized spacial score (nSPS) is 20.4. The van der Waals surface area contributed by atoms with Gasteiger partial charge < -0.3 is 16.0 Å². The molecule has 20 heavy (non-hydrogen) atoms. The monoisotopic (exact) mass is 295 g/mol. The van der Waals surface area contributed by atoms with Crippen molar-refractivity contribution in [2.45, 2.75) is 38.4 Å². The lowest BCUT2D eigenvalue weighted by atomic mass is 9.93. The van der Waals surface area contributed by atoms with Crippen LogP contribution >= 0.6 is 0 Å². The van der Waals surface area contributed by atoms with Crippen LogP contribution < -0.4 is 11.1 Å². The van der Waals surface area contributed by atoms with Crippen LogP contribution in [0.25, 0.3) is 0 Å². The molecular formula is C12H20F3N3O2. The largest absolute Gasteiger partial charge is 0.415 e. The Kier molecular flexibility index (Phi) is 5.01. The average molecular weight is 295 g/mol. The maximum absolute atomic E-state index is 12.7. The summed E-state index contributed by atoms with van der Waals surface area (Å²) in [5.74, 6) is -1.51. The molecule has 0 aliphatic carbocycles. The van der Waals surface area contributed by atoms with Gasteiger partial charge in [-0.3, -0.25) is 9.59 Å². The molecule has 2 amide bonds. The third-order valence-electron chi connectivity index (χ3n) is 3.54. The third-order valence-corrected chi connectivity index (χ3v) is 3.54. The lowest BCUT2D eigenvalue weighted by Crippen LogP contribution is -2.63. The molecule has 3 N–H and O–H groups in total. The molecule has 1 heterocycles. The van der Waals surface area contributed by atoms with Gasteiger partial charge >= 0.3 is 6.18 Å². The van der Waals surface area contributed by atoms with Gasteiger partial charge in [0.15, 0.2) is 5.54 Å². The summed E-state index contributed by atoms with van der Waals surface area (Å²) in [4.78, 5) is 24.5. The first kappa shape index (κ1) is 16.7. The van der Waals surface area contributed by atoms with E-state index in [4.69, 9.17) is 5.73 Å². The number of carbonyl (C=O) groups is 2. The molecule has 0 aromatic carbocycles. The highest BCUT2D eigenvalue weighted by atomic mass is 19.4. The molecule has 1 atom stereocenters. The predicted molar refractivity (Wildman–Crippen MR) is 66.6 cm³/mol. The van der Waals surface area contributed by atoms with Gasteiger partial charge in [-0.1, -0.05) is 0 Å². The van der Waals surface area contributed by atoms with Crippen LogP contribution in [0.2, 0.25) is 0 Å². The van der Waals surface area contributed by atoms with Crippen LogP contribution in [0.5, 0.6) is 0 Å². The lowest BCUT2D eigenvalue weighted by Gasteiger charge is -2.37. The van der Waals surface area contributed by atoms with Crippen LogP contribution in [0.1, 0.15) is 26.7 Å². The number of nitrogens with one attached hydrogen (secondary N) is 1. The molecule has 1 unspecified atom stereocenters. The summed E-state index contributed by atoms with van der Waals surface area (Å²) in [7, 11) is 0. The summed E-state index contributed by atoms with van der Waals surface area (Å²) in [5.41, 5.74) is 2.23. The van der Waals surface area contributed by atoms with E-state index in [0.29, 0.717) is 26.3 Å². The van der Waals surface area contributed by atoms with E-state index in [2.05, 4.69) is 5.32 Å². The molecule has 0 radical (unpaired) electrons. The number of carbonyl (C=O) groups excluding carboxylic acids is 2. The predicted octanol–water partition coefficient (Wildman–Crippen LogP) is 0.641. The van der Waals surface area contributed by atoms with Gasteiger partial charge in [0.1, 0.15) is 0 Å². The van der Waals surface area contributed by atoms with E-state index >= 15 is 0 Å². The molecule has 1 aliphatic rings. The van der Waals surface area contributed by atoms with E-state index in [-0.39, 0.29) is 24.9 Å². The SMILES string of the molecule is CCNC(=O)C1CCN(C(=O)C(C)(N)C(F)(F)F)CC1. The van der Waals surface area contributed by atoms with E-state index in [9.17, 15) is 22.8 Å². The van der Waals surface area contributed by atoms with Crippen molar-refractivity contribution in [3.8, 4) is 0 Å². The van der Waals surface area contributed by atoms with Crippen molar-refractivity contribution in [3.05, 3.63) is 0 Å². The summed E-state index contributed by atoms with van der Waals surface area (Å²) in [5, 5.41) is 2.67. The van der Waals surface area contributed by atoms with Gasteiger partial charge in [0.05, 0.1) is 0 Å². The Morgan fingerprint density at radius 2 is 1.80 bits per heavy atom. The Morgan fingerprint density at radius 3 is 2.20 bits per heavy atom. The van der Waals surface area contributed by atoms with Crippen molar-refractivity contribution in [2.24, 2.45) is 11.7 Å². The second-order valence-electron chi connectivity index (χ2n) is 5.16. The fraction of sp³-hybridized carbons (Fsp3) is 0.833. The van der Waals surface area contributed by atoms with Crippen LogP contribution in [0.15, 0.2) is 0 Å². The minimum Gasteiger partial charge on any atom is -0.356 e. The molecule has 0 aromatic rings. The Balaban J connectivity index is 2.62. The molecule has 0 aromatic heterocycles. The first-order valence-electron chi connectivity index (χ1n) is 6.54. The van der Waals surface area contributed by atoms with Gasteiger partial charge in [0, 0.05) is 25.6 Å². The maximum Gasteiger partial charge on any atom is 0.415 e. The van der Waals surface area contributed by atoms with Crippen molar-refractivity contribution in [1.82, 2.24) is 10.2 Å². The molecule has 116 valence electrons. The minimum absolute atomic E-state index is 0.115. The van der Waals surface area contributed by atoms with E-state index in [1.54, 1.807) is 6.92 Å². The lowest BCUT2D eigenvalue weighted by molar-refractivity contribution is -0.194. The second kappa shape index (κ2) is 5.99. The van der Waals surface area contributed by atoms with Gasteiger partial charge in [0.2, 0.25) is 5.91 Å². The molecule has 1 rings (SSSR count). The number of hydrogen-bond donors (Lipinski definition) is 2. The summed E-state index contributed by atoms with van der Waals surface area (Å²) in [6.45, 7) is 3.20. The van der Waals surface area contributed by atoms with Gasteiger partial charge in [-0.2, -0.15) is 13.2 Å². The highest BCUT2D eigenvalue weighted by molar-refractivity contribution is 5.87. The zero-order chi connectivity index (χ0) is 15.6. The highest BCUT2D eigenvalue weighted by Crippen LogP contribution is 2.31. The van der Waals surface area contributed by atoms with E-state index < -0.39 is 17.6 Å². The van der Waals surface area contributed by atoms with Crippen LogP contribution in [0.4, 0.5) is 13.2 Å². The van der Waals surface area contributed by atoms with E-state index in [0.717, 1.165) is 4.90 Å². The van der Waals surface area contributed by atoms with Gasteiger partial charge in [-0.25, -0.2) is 0 Å². The van der Waals surface area contributed by atoms with Crippen LogP contribution in [0, 0.1) is 5.92 Å². The van der Waals surface area contributed by atoms with Crippen molar-refractivity contribution >= 4 is 11.8 Å². The van der Waals surface area contributed by atoms with Crippen LogP contribution in [-0.2, 0) is 9.59 Å². The third kappa shape index (κ3) is 3.41. The van der Waals surface area contributed by atoms with Crippen molar-refractivity contribution in [2.75, 3.05) is 19.6 Å². The van der Waals surface area contributed by atoms with Crippen LogP contribution in [-0.4, -0.2) is 48.1 Å². The number of amides is 2. The Morgan fingerprint density at radius 1 is 1.30 bits per heavy atom. The molecule has 0 bridgehead atoms. The average Bonchev–Trinajstić information content (AvgIpc) is 2.37. The summed E-state index contributed by atoms with van der Waals surface area (Å²) in [6.07, 6.45) is -4.09. The summed E-state index contributed by atoms with van der Waals surface area (Å²) in [6, 6.07) is 0. The number of rotatable bonds is 3. The molecule has 1 saturated heterocycles. The number of halogens is 3. The first-order chi connectivity index (χ1) is 9.11. The minimum atomic E-state index is -4.79. The quantitative estimate of drug-likeness (QED) is 0.802. The van der Waals surface area contributed by atoms with Gasteiger partial charge in [0.25, 0.3) is 5.91 Å². The zero-order valence-electron chi connectivity index (χ0n) is 11.6. The van der Waals surface area contributed by atoms with Crippen molar-refractivity contribution in [1.29, 1.82) is 0 Å². The standard InChI is InChI=1S/C12H20F3N3O2/c1-3-17-9(19)8-4-6-18(7-5-8)10(20)11(2,16)12(13,14)15/h8H,3-7,16H2,1-2H3,(H,17,19). The fourth-order valence-corrected chi connectivity index (χ4v) is 2.11. The molecule has 8 heteroatoms. The second-order valence-corrected chi connectivity index (χ2v) is 5.16. The summed E-state index contributed by atoms with van der Waals surface area (Å²) < 4.78 is 38.1. The number of alkyl halides is 3. The van der Waals surface area contributed by atoms with Crippen LogP contribution in [0.3, 0.4) is 0 Å². The number of nitrogens with two attached hydrogens (primary N) is 1. The Bertz CT molecular complexity index is 375. The van der Waals surface area contributed by atoms with Crippen molar-refractivity contribution < 1.29 is 22.8 Å².